The molecular weight excluding hydrogens is 466 g/mol. The van der Waals surface area contributed by atoms with Crippen molar-refractivity contribution >= 4 is 35.1 Å². The third-order valence-corrected chi connectivity index (χ3v) is 6.65. The van der Waals surface area contributed by atoms with Crippen molar-refractivity contribution in [3.63, 3.8) is 0 Å². The van der Waals surface area contributed by atoms with E-state index >= 15 is 0 Å². The average molecular weight is 488 g/mol. The van der Waals surface area contributed by atoms with Crippen LogP contribution in [0.2, 0.25) is 0 Å². The van der Waals surface area contributed by atoms with Crippen molar-refractivity contribution in [2.45, 2.75) is 10.1 Å². The highest BCUT2D eigenvalue weighted by Gasteiger charge is 2.18. The number of hydrogen-bond acceptors (Lipinski definition) is 7. The van der Waals surface area contributed by atoms with Gasteiger partial charge in [0.15, 0.2) is 11.0 Å². The fraction of sp³-hybridized carbons (Fsp3) is 0.120. The lowest BCUT2D eigenvalue weighted by Gasteiger charge is -2.11. The first kappa shape index (κ1) is 23.4. The molecule has 0 aliphatic heterocycles. The Kier molecular flexibility index (Phi) is 7.86. The number of ether oxygens (including phenoxy) is 1. The molecule has 0 spiro atoms. The van der Waals surface area contributed by atoms with Gasteiger partial charge in [0.25, 0.3) is 0 Å². The lowest BCUT2D eigenvalue weighted by atomic mass is 10.2. The molecule has 0 bridgehead atoms. The number of nitriles is 1. The van der Waals surface area contributed by atoms with Crippen molar-refractivity contribution in [3.05, 3.63) is 78.9 Å². The minimum Gasteiger partial charge on any atom is -0.497 e. The first-order valence-electron chi connectivity index (χ1n) is 10.4. The highest BCUT2D eigenvalue weighted by atomic mass is 32.2. The molecule has 0 radical (unpaired) electrons. The molecular formula is C25H21N5O2S2. The summed E-state index contributed by atoms with van der Waals surface area (Å²) in [5.74, 6) is 1.74. The largest absolute Gasteiger partial charge is 0.497 e. The number of carbonyl (C=O) groups is 1. The Morgan fingerprint density at radius 3 is 2.47 bits per heavy atom. The van der Waals surface area contributed by atoms with Crippen LogP contribution in [-0.2, 0) is 4.79 Å². The van der Waals surface area contributed by atoms with Crippen LogP contribution in [0.1, 0.15) is 0 Å². The Labute approximate surface area is 206 Å². The molecule has 1 aromatic heterocycles. The highest BCUT2D eigenvalue weighted by Crippen LogP contribution is 2.30. The Hall–Kier alpha value is -3.74. The van der Waals surface area contributed by atoms with Gasteiger partial charge < -0.3 is 10.1 Å². The predicted octanol–water partition coefficient (Wildman–Crippen LogP) is 5.29. The first-order valence-corrected chi connectivity index (χ1v) is 12.3. The van der Waals surface area contributed by atoms with Crippen LogP contribution in [0.15, 0.2) is 88.9 Å². The predicted molar refractivity (Wildman–Crippen MR) is 135 cm³/mol. The number of hydrogen-bond donors (Lipinski definition) is 1. The normalized spacial score (nSPS) is 10.5. The maximum atomic E-state index is 12.7. The highest BCUT2D eigenvalue weighted by molar-refractivity contribution is 8.00. The molecule has 0 saturated carbocycles. The van der Waals surface area contributed by atoms with Gasteiger partial charge in [-0.3, -0.25) is 9.36 Å². The lowest BCUT2D eigenvalue weighted by molar-refractivity contribution is -0.113. The average Bonchev–Trinajstić information content (AvgIpc) is 3.31. The van der Waals surface area contributed by atoms with Gasteiger partial charge >= 0.3 is 0 Å². The number of anilines is 1. The van der Waals surface area contributed by atoms with Gasteiger partial charge in [-0.15, -0.1) is 22.0 Å². The van der Waals surface area contributed by atoms with Crippen LogP contribution in [0.4, 0.5) is 5.69 Å². The zero-order chi connectivity index (χ0) is 23.8. The molecule has 0 aliphatic rings. The number of aromatic nitrogens is 3. The van der Waals surface area contributed by atoms with Crippen molar-refractivity contribution < 1.29 is 9.53 Å². The van der Waals surface area contributed by atoms with E-state index in [-0.39, 0.29) is 11.7 Å². The van der Waals surface area contributed by atoms with E-state index in [0.717, 1.165) is 21.9 Å². The van der Waals surface area contributed by atoms with E-state index in [1.807, 2.05) is 83.4 Å². The molecule has 1 amide bonds. The molecule has 1 heterocycles. The van der Waals surface area contributed by atoms with Gasteiger partial charge in [-0.25, -0.2) is 0 Å². The van der Waals surface area contributed by atoms with Crippen LogP contribution in [0.3, 0.4) is 0 Å². The maximum absolute atomic E-state index is 12.7. The second-order valence-electron chi connectivity index (χ2n) is 6.99. The Bertz CT molecular complexity index is 1300. The van der Waals surface area contributed by atoms with E-state index in [1.54, 1.807) is 7.11 Å². The number of thioether (sulfide) groups is 2. The summed E-state index contributed by atoms with van der Waals surface area (Å²) in [6, 6.07) is 27.0. The quantitative estimate of drug-likeness (QED) is 0.321. The monoisotopic (exact) mass is 487 g/mol. The molecule has 0 aliphatic carbocycles. The zero-order valence-corrected chi connectivity index (χ0v) is 20.0. The van der Waals surface area contributed by atoms with Crippen molar-refractivity contribution in [1.29, 1.82) is 5.26 Å². The van der Waals surface area contributed by atoms with Gasteiger partial charge in [0.05, 0.1) is 30.4 Å². The minimum atomic E-state index is -0.163. The Morgan fingerprint density at radius 2 is 1.74 bits per heavy atom. The number of nitrogens with one attached hydrogen (secondary N) is 1. The van der Waals surface area contributed by atoms with Gasteiger partial charge in [0.1, 0.15) is 5.75 Å². The van der Waals surface area contributed by atoms with E-state index in [1.165, 1.54) is 23.5 Å². The Morgan fingerprint density at radius 1 is 1.00 bits per heavy atom. The number of nitrogens with zero attached hydrogens (tertiary/aromatic N) is 4. The summed E-state index contributed by atoms with van der Waals surface area (Å²) in [5.41, 5.74) is 2.48. The summed E-state index contributed by atoms with van der Waals surface area (Å²) in [5, 5.41) is 21.2. The number of amides is 1. The molecule has 170 valence electrons. The third kappa shape index (κ3) is 5.60. The second-order valence-corrected chi connectivity index (χ2v) is 8.95. The van der Waals surface area contributed by atoms with Crippen LogP contribution in [0.25, 0.3) is 17.1 Å². The number of carbonyl (C=O) groups excluding carboxylic acids is 1. The van der Waals surface area contributed by atoms with Crippen LogP contribution in [-0.4, -0.2) is 39.3 Å². The summed E-state index contributed by atoms with van der Waals surface area (Å²) >= 11 is 2.70. The van der Waals surface area contributed by atoms with Crippen LogP contribution in [0, 0.1) is 11.3 Å². The van der Waals surface area contributed by atoms with Gasteiger partial charge in [0.2, 0.25) is 5.91 Å². The number of para-hydroxylation sites is 2. The van der Waals surface area contributed by atoms with Gasteiger partial charge in [0, 0.05) is 16.1 Å². The maximum Gasteiger partial charge on any atom is 0.234 e. The molecule has 0 unspecified atom stereocenters. The molecule has 34 heavy (non-hydrogen) atoms. The Balaban J connectivity index is 1.55. The summed E-state index contributed by atoms with van der Waals surface area (Å²) < 4.78 is 7.20. The summed E-state index contributed by atoms with van der Waals surface area (Å²) in [6.07, 6.45) is 0. The topological polar surface area (TPSA) is 92.8 Å². The van der Waals surface area contributed by atoms with Gasteiger partial charge in [-0.1, -0.05) is 42.1 Å². The molecule has 7 nitrogen and oxygen atoms in total. The molecule has 9 heteroatoms. The molecule has 0 fully saturated rings. The fourth-order valence-corrected chi connectivity index (χ4v) is 4.64. The minimum absolute atomic E-state index is 0.158. The van der Waals surface area contributed by atoms with E-state index in [4.69, 9.17) is 10.00 Å². The van der Waals surface area contributed by atoms with Crippen molar-refractivity contribution in [2.24, 2.45) is 0 Å². The third-order valence-electron chi connectivity index (χ3n) is 4.78. The van der Waals surface area contributed by atoms with Crippen LogP contribution < -0.4 is 10.1 Å². The van der Waals surface area contributed by atoms with E-state index in [0.29, 0.717) is 22.4 Å². The van der Waals surface area contributed by atoms with Crippen molar-refractivity contribution in [2.75, 3.05) is 23.9 Å². The molecule has 0 atom stereocenters. The molecule has 1 N–H and O–H groups in total. The van der Waals surface area contributed by atoms with Crippen molar-refractivity contribution in [3.8, 4) is 28.9 Å². The lowest BCUT2D eigenvalue weighted by Crippen LogP contribution is -2.15. The van der Waals surface area contributed by atoms with E-state index < -0.39 is 0 Å². The summed E-state index contributed by atoms with van der Waals surface area (Å²) in [6.45, 7) is 0. The van der Waals surface area contributed by atoms with Gasteiger partial charge in [-0.05, 0) is 48.5 Å². The van der Waals surface area contributed by atoms with Gasteiger partial charge in [-0.2, -0.15) is 5.26 Å². The number of methoxy groups -OCH3 is 1. The van der Waals surface area contributed by atoms with Crippen LogP contribution in [0.5, 0.6) is 5.75 Å². The smallest absolute Gasteiger partial charge is 0.234 e. The zero-order valence-electron chi connectivity index (χ0n) is 18.3. The summed E-state index contributed by atoms with van der Waals surface area (Å²) in [7, 11) is 1.63. The van der Waals surface area contributed by atoms with Crippen LogP contribution >= 0.6 is 23.5 Å². The number of rotatable bonds is 9. The standard InChI is InChI=1S/C25H21N5O2S2/c1-32-20-13-11-18(12-14-20)24-28-29-25(30(24)19-7-3-2-4-8-19)34-17-23(31)27-21-9-5-6-10-22(21)33-16-15-26/h2-14H,16-17H2,1H3,(H,27,31). The second kappa shape index (κ2) is 11.4. The molecule has 0 saturated heterocycles. The molecule has 4 rings (SSSR count). The van der Waals surface area contributed by atoms with Crippen molar-refractivity contribution in [1.82, 2.24) is 14.8 Å². The SMILES string of the molecule is COc1ccc(-c2nnc(SCC(=O)Nc3ccccc3SCC#N)n2-c2ccccc2)cc1. The molecule has 3 aromatic carbocycles. The molecule has 4 aromatic rings. The fourth-order valence-electron chi connectivity index (χ4n) is 3.22. The first-order chi connectivity index (χ1) is 16.7. The number of benzene rings is 3. The summed E-state index contributed by atoms with van der Waals surface area (Å²) in [4.78, 5) is 13.6. The van der Waals surface area contributed by atoms with E-state index in [9.17, 15) is 4.79 Å². The van der Waals surface area contributed by atoms with E-state index in [2.05, 4.69) is 21.6 Å².